The zero-order chi connectivity index (χ0) is 8.55. The van der Waals surface area contributed by atoms with Gasteiger partial charge in [0.25, 0.3) is 0 Å². The average Bonchev–Trinajstić information content (AvgIpc) is 2.49. The smallest absolute Gasteiger partial charge is 0.0481 e. The second-order valence-corrected chi connectivity index (χ2v) is 3.03. The Hall–Kier alpha value is -1.44. The Balaban J connectivity index is 2.73. The zero-order valence-electron chi connectivity index (χ0n) is 7.26. The molecule has 1 radical (unpaired) electrons. The van der Waals surface area contributed by atoms with Gasteiger partial charge in [-0.05, 0) is 12.1 Å². The molecule has 0 amide bonds. The zero-order valence-corrected chi connectivity index (χ0v) is 7.26. The number of nitrogens with zero attached hydrogens (tertiary/aromatic N) is 1. The highest BCUT2D eigenvalue weighted by Crippen LogP contribution is 2.23. The number of aromatic nitrogens is 1. The first-order valence-electron chi connectivity index (χ1n) is 3.94. The van der Waals surface area contributed by atoms with Gasteiger partial charge in [-0.3, -0.25) is 0 Å². The molecule has 2 rings (SSSR count). The van der Waals surface area contributed by atoms with Gasteiger partial charge in [0, 0.05) is 42.9 Å². The minimum Gasteiger partial charge on any atom is -0.377 e. The van der Waals surface area contributed by atoms with Crippen LogP contribution >= 0.6 is 0 Å². The minimum atomic E-state index is 1.14. The van der Waals surface area contributed by atoms with Gasteiger partial charge in [0.15, 0.2) is 0 Å². The average molecular weight is 159 g/mol. The maximum Gasteiger partial charge on any atom is 0.0481 e. The first kappa shape index (κ1) is 7.22. The fraction of sp³-hybridized carbons (Fsp3) is 0.200. The van der Waals surface area contributed by atoms with Crippen molar-refractivity contribution >= 4 is 16.6 Å². The summed E-state index contributed by atoms with van der Waals surface area (Å²) in [6.07, 6.45) is 1.84. The number of anilines is 1. The van der Waals surface area contributed by atoms with Crippen molar-refractivity contribution in [3.05, 3.63) is 30.5 Å². The van der Waals surface area contributed by atoms with E-state index in [0.717, 1.165) is 10.9 Å². The Morgan fingerprint density at radius 1 is 1.33 bits per heavy atom. The fourth-order valence-corrected chi connectivity index (χ4v) is 1.37. The van der Waals surface area contributed by atoms with Gasteiger partial charge in [0.2, 0.25) is 0 Å². The van der Waals surface area contributed by atoms with E-state index in [2.05, 4.69) is 28.1 Å². The largest absolute Gasteiger partial charge is 0.377 e. The van der Waals surface area contributed by atoms with Crippen molar-refractivity contribution in [2.24, 2.45) is 0 Å². The second kappa shape index (κ2) is 2.55. The molecule has 0 saturated carbocycles. The van der Waals surface area contributed by atoms with Crippen LogP contribution in [0, 0.1) is 6.07 Å². The molecular weight excluding hydrogens is 148 g/mol. The molecule has 0 atom stereocenters. The van der Waals surface area contributed by atoms with Crippen LogP contribution in [0.2, 0.25) is 0 Å². The van der Waals surface area contributed by atoms with Crippen molar-refractivity contribution < 1.29 is 0 Å². The lowest BCUT2D eigenvalue weighted by molar-refractivity contribution is 1.14. The maximum absolute atomic E-state index is 3.17. The van der Waals surface area contributed by atoms with E-state index >= 15 is 0 Å². The van der Waals surface area contributed by atoms with Gasteiger partial charge < -0.3 is 9.88 Å². The molecule has 0 saturated heterocycles. The van der Waals surface area contributed by atoms with E-state index in [-0.39, 0.29) is 0 Å². The summed E-state index contributed by atoms with van der Waals surface area (Å²) in [7, 11) is 4.07. The predicted molar refractivity (Wildman–Crippen MR) is 51.5 cm³/mol. The molecule has 12 heavy (non-hydrogen) atoms. The van der Waals surface area contributed by atoms with Crippen LogP contribution in [0.25, 0.3) is 10.9 Å². The number of fused-ring (bicyclic) bond motifs is 1. The molecule has 2 heteroatoms. The molecule has 2 aromatic rings. The van der Waals surface area contributed by atoms with Crippen molar-refractivity contribution in [3.8, 4) is 0 Å². The number of hydrogen-bond donors (Lipinski definition) is 1. The van der Waals surface area contributed by atoms with Crippen LogP contribution < -0.4 is 4.90 Å². The molecule has 0 aliphatic rings. The molecule has 1 aromatic heterocycles. The molecule has 0 fully saturated rings. The van der Waals surface area contributed by atoms with Crippen LogP contribution in [0.5, 0.6) is 0 Å². The van der Waals surface area contributed by atoms with Crippen LogP contribution in [0.15, 0.2) is 24.4 Å². The number of nitrogens with one attached hydrogen (secondary N) is 1. The molecule has 1 N–H and O–H groups in total. The lowest BCUT2D eigenvalue weighted by atomic mass is 10.2. The third-order valence-electron chi connectivity index (χ3n) is 1.97. The van der Waals surface area contributed by atoms with Crippen LogP contribution in [-0.2, 0) is 0 Å². The summed E-state index contributed by atoms with van der Waals surface area (Å²) in [5.74, 6) is 0. The van der Waals surface area contributed by atoms with E-state index in [0.29, 0.717) is 0 Å². The lowest BCUT2D eigenvalue weighted by Gasteiger charge is -2.12. The first-order chi connectivity index (χ1) is 5.79. The summed E-state index contributed by atoms with van der Waals surface area (Å²) >= 11 is 0. The van der Waals surface area contributed by atoms with Crippen molar-refractivity contribution in [2.75, 3.05) is 19.0 Å². The van der Waals surface area contributed by atoms with E-state index < -0.39 is 0 Å². The van der Waals surface area contributed by atoms with Crippen LogP contribution in [0.3, 0.4) is 0 Å². The van der Waals surface area contributed by atoms with Crippen LogP contribution in [0.4, 0.5) is 5.69 Å². The van der Waals surface area contributed by atoms with Crippen molar-refractivity contribution in [1.29, 1.82) is 0 Å². The standard InChI is InChI=1S/C10H11N2/c1-12(2)10-5-3-4-9-8(10)6-7-11-9/h3-5,7,11H,1-2H3. The summed E-state index contributed by atoms with van der Waals surface area (Å²) in [5, 5.41) is 1.16. The third-order valence-corrected chi connectivity index (χ3v) is 1.97. The van der Waals surface area contributed by atoms with Gasteiger partial charge >= 0.3 is 0 Å². The molecule has 0 unspecified atom stereocenters. The quantitative estimate of drug-likeness (QED) is 0.674. The number of benzene rings is 1. The summed E-state index contributed by atoms with van der Waals surface area (Å²) in [5.41, 5.74) is 2.34. The van der Waals surface area contributed by atoms with Gasteiger partial charge in [-0.25, -0.2) is 0 Å². The van der Waals surface area contributed by atoms with E-state index in [1.54, 1.807) is 0 Å². The Labute approximate surface area is 71.8 Å². The second-order valence-electron chi connectivity index (χ2n) is 3.03. The molecule has 61 valence electrons. The Bertz CT molecular complexity index is 387. The maximum atomic E-state index is 3.17. The molecule has 1 aromatic carbocycles. The van der Waals surface area contributed by atoms with Gasteiger partial charge in [-0.15, -0.1) is 0 Å². The van der Waals surface area contributed by atoms with E-state index in [9.17, 15) is 0 Å². The van der Waals surface area contributed by atoms with Crippen LogP contribution in [0.1, 0.15) is 0 Å². The summed E-state index contributed by atoms with van der Waals surface area (Å²) in [6.45, 7) is 0. The minimum absolute atomic E-state index is 1.14. The van der Waals surface area contributed by atoms with E-state index in [1.165, 1.54) is 5.69 Å². The molecular formula is C10H11N2. The van der Waals surface area contributed by atoms with E-state index in [1.807, 2.05) is 26.4 Å². The van der Waals surface area contributed by atoms with Gasteiger partial charge in [-0.2, -0.15) is 0 Å². The fourth-order valence-electron chi connectivity index (χ4n) is 1.37. The summed E-state index contributed by atoms with van der Waals surface area (Å²) < 4.78 is 0. The summed E-state index contributed by atoms with van der Waals surface area (Å²) in [6, 6.07) is 9.36. The SMILES string of the molecule is CN(C)c1cccc2[nH]c[c]c12. The monoisotopic (exact) mass is 159 g/mol. The Kier molecular flexibility index (Phi) is 1.54. The van der Waals surface area contributed by atoms with Crippen molar-refractivity contribution in [3.63, 3.8) is 0 Å². The highest BCUT2D eigenvalue weighted by molar-refractivity contribution is 5.91. The lowest BCUT2D eigenvalue weighted by Crippen LogP contribution is -2.08. The number of H-pyrrole nitrogens is 1. The molecule has 0 aliphatic carbocycles. The Morgan fingerprint density at radius 3 is 2.92 bits per heavy atom. The number of rotatable bonds is 1. The van der Waals surface area contributed by atoms with Gasteiger partial charge in [0.1, 0.15) is 0 Å². The third kappa shape index (κ3) is 0.961. The predicted octanol–water partition coefficient (Wildman–Crippen LogP) is 2.03. The van der Waals surface area contributed by atoms with Gasteiger partial charge in [-0.1, -0.05) is 6.07 Å². The topological polar surface area (TPSA) is 19.0 Å². The highest BCUT2D eigenvalue weighted by atomic mass is 15.1. The highest BCUT2D eigenvalue weighted by Gasteiger charge is 2.01. The number of aromatic amines is 1. The number of hydrogen-bond acceptors (Lipinski definition) is 1. The molecule has 0 spiro atoms. The normalized spacial score (nSPS) is 10.5. The Morgan fingerprint density at radius 2 is 2.17 bits per heavy atom. The molecule has 1 heterocycles. The van der Waals surface area contributed by atoms with Crippen molar-refractivity contribution in [1.82, 2.24) is 4.98 Å². The molecule has 2 nitrogen and oxygen atoms in total. The van der Waals surface area contributed by atoms with Crippen molar-refractivity contribution in [2.45, 2.75) is 0 Å². The summed E-state index contributed by atoms with van der Waals surface area (Å²) in [4.78, 5) is 5.22. The van der Waals surface area contributed by atoms with Crippen LogP contribution in [-0.4, -0.2) is 19.1 Å². The molecule has 0 bridgehead atoms. The van der Waals surface area contributed by atoms with Gasteiger partial charge in [0.05, 0.1) is 0 Å². The first-order valence-corrected chi connectivity index (χ1v) is 3.94. The van der Waals surface area contributed by atoms with E-state index in [4.69, 9.17) is 0 Å². The molecule has 0 aliphatic heterocycles.